The fraction of sp³-hybridized carbons (Fsp3) is 0.0500. The molecule has 5 nitrogen and oxygen atoms in total. The zero-order valence-corrected chi connectivity index (χ0v) is 14.5. The first kappa shape index (κ1) is 17.5. The maximum Gasteiger partial charge on any atom is 0.270 e. The average Bonchev–Trinajstić information content (AvgIpc) is 2.68. The first-order valence-corrected chi connectivity index (χ1v) is 8.29. The summed E-state index contributed by atoms with van der Waals surface area (Å²) in [5, 5.41) is 15.7. The summed E-state index contributed by atoms with van der Waals surface area (Å²) in [4.78, 5) is 16.5. The monoisotopic (exact) mass is 362 g/mol. The van der Waals surface area contributed by atoms with E-state index >= 15 is 0 Å². The number of carbonyl (C=O) groups excluding carboxylic acids is 1. The first-order valence-electron chi connectivity index (χ1n) is 7.91. The van der Waals surface area contributed by atoms with E-state index in [0.29, 0.717) is 28.5 Å². The lowest BCUT2D eigenvalue weighted by molar-refractivity contribution is 0.0946. The van der Waals surface area contributed by atoms with Crippen molar-refractivity contribution in [1.82, 2.24) is 10.3 Å². The molecule has 0 saturated carbocycles. The smallest absolute Gasteiger partial charge is 0.270 e. The van der Waals surface area contributed by atoms with Crippen molar-refractivity contribution in [2.45, 2.75) is 6.54 Å². The molecule has 0 unspecified atom stereocenters. The molecule has 1 amide bonds. The molecule has 0 spiro atoms. The molecule has 1 aromatic heterocycles. The summed E-state index contributed by atoms with van der Waals surface area (Å²) in [5.41, 5.74) is 2.97. The van der Waals surface area contributed by atoms with E-state index in [4.69, 9.17) is 16.9 Å². The summed E-state index contributed by atoms with van der Waals surface area (Å²) in [6.07, 6.45) is 1.54. The summed E-state index contributed by atoms with van der Waals surface area (Å²) in [7, 11) is 0. The van der Waals surface area contributed by atoms with Crippen molar-refractivity contribution in [2.75, 3.05) is 5.32 Å². The van der Waals surface area contributed by atoms with Crippen molar-refractivity contribution in [3.63, 3.8) is 0 Å². The minimum absolute atomic E-state index is 0.275. The summed E-state index contributed by atoms with van der Waals surface area (Å²) in [6.45, 7) is 0.315. The lowest BCUT2D eigenvalue weighted by Gasteiger charge is -2.10. The Hall–Kier alpha value is -3.36. The second kappa shape index (κ2) is 8.15. The van der Waals surface area contributed by atoms with E-state index in [-0.39, 0.29) is 11.6 Å². The average molecular weight is 363 g/mol. The molecule has 6 heteroatoms. The van der Waals surface area contributed by atoms with Crippen LogP contribution in [0.15, 0.2) is 66.9 Å². The van der Waals surface area contributed by atoms with Gasteiger partial charge in [0, 0.05) is 23.5 Å². The Morgan fingerprint density at radius 3 is 2.69 bits per heavy atom. The Balaban J connectivity index is 1.71. The maximum atomic E-state index is 12.4. The highest BCUT2D eigenvalue weighted by Crippen LogP contribution is 2.20. The van der Waals surface area contributed by atoms with Crippen molar-refractivity contribution in [2.24, 2.45) is 0 Å². The highest BCUT2D eigenvalue weighted by Gasteiger charge is 2.10. The van der Waals surface area contributed by atoms with Crippen LogP contribution in [-0.2, 0) is 6.54 Å². The molecule has 2 N–H and O–H groups in total. The molecule has 3 aromatic rings. The number of nitriles is 1. The fourth-order valence-corrected chi connectivity index (χ4v) is 2.59. The predicted octanol–water partition coefficient (Wildman–Crippen LogP) is 4.28. The van der Waals surface area contributed by atoms with Gasteiger partial charge in [0.25, 0.3) is 5.91 Å². The quantitative estimate of drug-likeness (QED) is 0.710. The van der Waals surface area contributed by atoms with Crippen LogP contribution in [0.4, 0.5) is 11.4 Å². The van der Waals surface area contributed by atoms with E-state index in [1.807, 2.05) is 24.3 Å². The van der Waals surface area contributed by atoms with Gasteiger partial charge >= 0.3 is 0 Å². The minimum atomic E-state index is -0.304. The number of para-hydroxylation sites is 1. The molecule has 0 saturated heterocycles. The zero-order chi connectivity index (χ0) is 18.4. The van der Waals surface area contributed by atoms with E-state index in [1.54, 1.807) is 42.6 Å². The van der Waals surface area contributed by atoms with Crippen LogP contribution < -0.4 is 10.6 Å². The highest BCUT2D eigenvalue weighted by molar-refractivity contribution is 6.31. The third-order valence-electron chi connectivity index (χ3n) is 3.72. The van der Waals surface area contributed by atoms with Crippen molar-refractivity contribution >= 4 is 28.9 Å². The van der Waals surface area contributed by atoms with Gasteiger partial charge in [-0.2, -0.15) is 5.26 Å². The van der Waals surface area contributed by atoms with E-state index in [0.717, 1.165) is 5.56 Å². The van der Waals surface area contributed by atoms with Gasteiger partial charge in [0.15, 0.2) is 0 Å². The third kappa shape index (κ3) is 4.18. The maximum absolute atomic E-state index is 12.4. The van der Waals surface area contributed by atoms with Crippen LogP contribution in [0, 0.1) is 11.3 Å². The van der Waals surface area contributed by atoms with Crippen LogP contribution >= 0.6 is 11.6 Å². The normalized spacial score (nSPS) is 10.0. The number of hydrogen-bond donors (Lipinski definition) is 2. The number of benzene rings is 2. The molecule has 0 aliphatic heterocycles. The number of rotatable bonds is 5. The number of aromatic nitrogens is 1. The van der Waals surface area contributed by atoms with Gasteiger partial charge in [-0.1, -0.05) is 41.9 Å². The molecule has 0 radical (unpaired) electrons. The summed E-state index contributed by atoms with van der Waals surface area (Å²) >= 11 is 6.09. The van der Waals surface area contributed by atoms with E-state index in [1.165, 1.54) is 0 Å². The van der Waals surface area contributed by atoms with Gasteiger partial charge in [-0.3, -0.25) is 9.78 Å². The van der Waals surface area contributed by atoms with E-state index in [2.05, 4.69) is 21.7 Å². The molecular formula is C20H15ClN4O. The molecule has 0 fully saturated rings. The number of hydrogen-bond acceptors (Lipinski definition) is 4. The molecule has 2 aromatic carbocycles. The van der Waals surface area contributed by atoms with Crippen molar-refractivity contribution in [3.05, 3.63) is 88.7 Å². The lowest BCUT2D eigenvalue weighted by Crippen LogP contribution is -2.24. The summed E-state index contributed by atoms with van der Waals surface area (Å²) < 4.78 is 0. The second-order valence-corrected chi connectivity index (χ2v) is 5.89. The molecule has 1 heterocycles. The number of amides is 1. The van der Waals surface area contributed by atoms with Crippen molar-refractivity contribution in [1.29, 1.82) is 5.26 Å². The number of anilines is 2. The lowest BCUT2D eigenvalue weighted by atomic mass is 10.2. The van der Waals surface area contributed by atoms with Crippen LogP contribution in [0.1, 0.15) is 21.6 Å². The topological polar surface area (TPSA) is 77.8 Å². The Labute approximate surface area is 156 Å². The Morgan fingerprint density at radius 1 is 1.12 bits per heavy atom. The molecular weight excluding hydrogens is 348 g/mol. The second-order valence-electron chi connectivity index (χ2n) is 5.49. The van der Waals surface area contributed by atoms with E-state index < -0.39 is 0 Å². The largest absolute Gasteiger partial charge is 0.354 e. The molecule has 0 aliphatic rings. The Morgan fingerprint density at radius 2 is 1.88 bits per heavy atom. The van der Waals surface area contributed by atoms with Crippen molar-refractivity contribution in [3.8, 4) is 6.07 Å². The third-order valence-corrected chi connectivity index (χ3v) is 4.09. The molecule has 128 valence electrons. The predicted molar refractivity (Wildman–Crippen MR) is 101 cm³/mol. The van der Waals surface area contributed by atoms with Gasteiger partial charge in [-0.15, -0.1) is 0 Å². The van der Waals surface area contributed by atoms with Crippen LogP contribution in [0.25, 0.3) is 0 Å². The SMILES string of the molecule is N#Cc1ccccc1Nc1ccnc(C(=O)NCc2ccccc2Cl)c1. The molecule has 26 heavy (non-hydrogen) atoms. The number of pyridine rings is 1. The van der Waals surface area contributed by atoms with Gasteiger partial charge in [0.2, 0.25) is 0 Å². The molecule has 0 bridgehead atoms. The van der Waals surface area contributed by atoms with Crippen LogP contribution in [0.3, 0.4) is 0 Å². The number of nitrogens with one attached hydrogen (secondary N) is 2. The molecule has 0 aliphatic carbocycles. The summed E-state index contributed by atoms with van der Waals surface area (Å²) in [5.74, 6) is -0.304. The first-order chi connectivity index (χ1) is 12.7. The van der Waals surface area contributed by atoms with Crippen LogP contribution in [-0.4, -0.2) is 10.9 Å². The van der Waals surface area contributed by atoms with E-state index in [9.17, 15) is 4.79 Å². The van der Waals surface area contributed by atoms with Gasteiger partial charge in [0.05, 0.1) is 11.3 Å². The fourth-order valence-electron chi connectivity index (χ4n) is 2.39. The van der Waals surface area contributed by atoms with Crippen molar-refractivity contribution < 1.29 is 4.79 Å². The Kier molecular flexibility index (Phi) is 5.47. The van der Waals surface area contributed by atoms with Gasteiger partial charge in [-0.05, 0) is 35.9 Å². The minimum Gasteiger partial charge on any atom is -0.354 e. The number of carbonyl (C=O) groups is 1. The highest BCUT2D eigenvalue weighted by atomic mass is 35.5. The molecule has 3 rings (SSSR count). The molecule has 0 atom stereocenters. The zero-order valence-electron chi connectivity index (χ0n) is 13.7. The van der Waals surface area contributed by atoms with Gasteiger partial charge < -0.3 is 10.6 Å². The Bertz CT molecular complexity index is 981. The van der Waals surface area contributed by atoms with Gasteiger partial charge in [-0.25, -0.2) is 0 Å². The number of halogens is 1. The standard InChI is InChI=1S/C20H15ClN4O/c21-17-7-3-1-6-15(17)13-24-20(26)19-11-16(9-10-23-19)25-18-8-4-2-5-14(18)12-22/h1-11H,13H2,(H,23,25)(H,24,26). The van der Waals surface area contributed by atoms with Gasteiger partial charge in [0.1, 0.15) is 11.8 Å². The van der Waals surface area contributed by atoms with Crippen LogP contribution in [0.5, 0.6) is 0 Å². The summed E-state index contributed by atoms with van der Waals surface area (Å²) in [6, 6.07) is 20.0. The van der Waals surface area contributed by atoms with Crippen LogP contribution in [0.2, 0.25) is 5.02 Å². The number of nitrogens with zero attached hydrogens (tertiary/aromatic N) is 2.